The van der Waals surface area contributed by atoms with Gasteiger partial charge in [0, 0.05) is 37.0 Å². The average Bonchev–Trinajstić information content (AvgIpc) is 3.20. The van der Waals surface area contributed by atoms with E-state index in [9.17, 15) is 0 Å². The quantitative estimate of drug-likeness (QED) is 0.713. The van der Waals surface area contributed by atoms with Crippen LogP contribution in [-0.2, 0) is 0 Å². The van der Waals surface area contributed by atoms with Crippen LogP contribution >= 0.6 is 0 Å². The van der Waals surface area contributed by atoms with Gasteiger partial charge in [-0.15, -0.1) is 0 Å². The molecule has 0 saturated heterocycles. The Morgan fingerprint density at radius 2 is 1.89 bits per heavy atom. The summed E-state index contributed by atoms with van der Waals surface area (Å²) in [7, 11) is 3.37. The maximum absolute atomic E-state index is 5.88. The van der Waals surface area contributed by atoms with Crippen molar-refractivity contribution in [3.8, 4) is 5.75 Å². The molecular weight excluding hydrogens is 352 g/mol. The predicted molar refractivity (Wildman–Crippen MR) is 111 cm³/mol. The number of hydrogen-bond acceptors (Lipinski definition) is 7. The molecule has 1 aromatic carbocycles. The molecular formula is C21H20N6O. The second kappa shape index (κ2) is 7.48. The first-order valence-corrected chi connectivity index (χ1v) is 8.86. The van der Waals surface area contributed by atoms with Crippen LogP contribution in [0.5, 0.6) is 5.75 Å². The highest BCUT2D eigenvalue weighted by Crippen LogP contribution is 2.37. The summed E-state index contributed by atoms with van der Waals surface area (Å²) in [5.74, 6) is 1.43. The van der Waals surface area contributed by atoms with Crippen molar-refractivity contribution in [2.24, 2.45) is 4.99 Å². The van der Waals surface area contributed by atoms with Gasteiger partial charge in [-0.05, 0) is 17.7 Å². The Balaban J connectivity index is 1.85. The number of aliphatic imine (C=N–C) groups is 1. The first-order valence-electron chi connectivity index (χ1n) is 8.86. The number of pyridine rings is 1. The third-order valence-corrected chi connectivity index (χ3v) is 4.55. The van der Waals surface area contributed by atoms with Crippen molar-refractivity contribution < 1.29 is 4.74 Å². The fourth-order valence-corrected chi connectivity index (χ4v) is 3.14. The molecule has 3 heterocycles. The topological polar surface area (TPSA) is 98.3 Å². The van der Waals surface area contributed by atoms with Gasteiger partial charge in [0.15, 0.2) is 11.6 Å². The number of nitrogens with zero attached hydrogens (tertiary/aromatic N) is 4. The van der Waals surface area contributed by atoms with Crippen molar-refractivity contribution in [3.05, 3.63) is 71.7 Å². The van der Waals surface area contributed by atoms with Crippen LogP contribution in [0.15, 0.2) is 59.9 Å². The summed E-state index contributed by atoms with van der Waals surface area (Å²) in [4.78, 5) is 18.0. The highest BCUT2D eigenvalue weighted by Gasteiger charge is 2.24. The second-order valence-electron chi connectivity index (χ2n) is 6.26. The van der Waals surface area contributed by atoms with Crippen molar-refractivity contribution in [3.63, 3.8) is 0 Å². The number of benzene rings is 1. The molecule has 0 aliphatic carbocycles. The number of hydrogen-bond donors (Lipinski definition) is 2. The lowest BCUT2D eigenvalue weighted by molar-refractivity contribution is 0.415. The monoisotopic (exact) mass is 372 g/mol. The Hall–Kier alpha value is -3.74. The first-order chi connectivity index (χ1) is 13.7. The molecule has 0 unspecified atom stereocenters. The maximum atomic E-state index is 5.88. The van der Waals surface area contributed by atoms with Crippen molar-refractivity contribution in [2.45, 2.75) is 6.42 Å². The zero-order valence-electron chi connectivity index (χ0n) is 15.7. The smallest absolute Gasteiger partial charge is 0.222 e. The van der Waals surface area contributed by atoms with Crippen LogP contribution in [0.25, 0.3) is 11.3 Å². The largest absolute Gasteiger partial charge is 0.493 e. The summed E-state index contributed by atoms with van der Waals surface area (Å²) in [5, 5.41) is 2.98. The number of nitrogens with two attached hydrogens (primary N) is 1. The molecule has 0 atom stereocenters. The van der Waals surface area contributed by atoms with Crippen molar-refractivity contribution in [2.75, 3.05) is 25.2 Å². The Morgan fingerprint density at radius 1 is 1.07 bits per heavy atom. The predicted octanol–water partition coefficient (Wildman–Crippen LogP) is 3.27. The molecule has 0 radical (unpaired) electrons. The van der Waals surface area contributed by atoms with Crippen LogP contribution < -0.4 is 15.8 Å². The normalized spacial score (nSPS) is 13.4. The highest BCUT2D eigenvalue weighted by molar-refractivity contribution is 6.16. The van der Waals surface area contributed by atoms with Gasteiger partial charge in [0.05, 0.1) is 24.2 Å². The number of ether oxygens (including phenoxy) is 1. The van der Waals surface area contributed by atoms with Crippen LogP contribution in [0.1, 0.15) is 23.2 Å². The second-order valence-corrected chi connectivity index (χ2v) is 6.26. The average molecular weight is 372 g/mol. The van der Waals surface area contributed by atoms with E-state index in [1.54, 1.807) is 26.6 Å². The SMILES string of the molecule is CNc1nccc(C2=C(c3cnc(N)c(OC)c3)N=C(c3ccccc3)C2)n1. The summed E-state index contributed by atoms with van der Waals surface area (Å²) in [5.41, 5.74) is 11.4. The molecule has 3 aromatic rings. The van der Waals surface area contributed by atoms with Gasteiger partial charge in [0.1, 0.15) is 0 Å². The molecule has 1 aliphatic heterocycles. The minimum atomic E-state index is 0.346. The van der Waals surface area contributed by atoms with E-state index in [0.29, 0.717) is 23.9 Å². The lowest BCUT2D eigenvalue weighted by Gasteiger charge is -2.09. The zero-order valence-corrected chi connectivity index (χ0v) is 15.7. The van der Waals surface area contributed by atoms with Gasteiger partial charge in [-0.25, -0.2) is 15.0 Å². The van der Waals surface area contributed by atoms with E-state index < -0.39 is 0 Å². The fraction of sp³-hybridized carbons (Fsp3) is 0.143. The van der Waals surface area contributed by atoms with E-state index in [0.717, 1.165) is 33.8 Å². The molecule has 140 valence electrons. The molecule has 3 N–H and O–H groups in total. The highest BCUT2D eigenvalue weighted by atomic mass is 16.5. The number of methoxy groups -OCH3 is 1. The van der Waals surface area contributed by atoms with Gasteiger partial charge in [0.25, 0.3) is 0 Å². The van der Waals surface area contributed by atoms with E-state index in [1.807, 2.05) is 30.3 Å². The summed E-state index contributed by atoms with van der Waals surface area (Å²) in [6.07, 6.45) is 4.11. The van der Waals surface area contributed by atoms with E-state index in [2.05, 4.69) is 32.4 Å². The van der Waals surface area contributed by atoms with Gasteiger partial charge in [-0.3, -0.25) is 4.99 Å². The minimum absolute atomic E-state index is 0.346. The Morgan fingerprint density at radius 3 is 2.64 bits per heavy atom. The fourth-order valence-electron chi connectivity index (χ4n) is 3.14. The van der Waals surface area contributed by atoms with E-state index in [1.165, 1.54) is 0 Å². The summed E-state index contributed by atoms with van der Waals surface area (Å²) in [6.45, 7) is 0. The van der Waals surface area contributed by atoms with Gasteiger partial charge >= 0.3 is 0 Å². The Kier molecular flexibility index (Phi) is 4.72. The lowest BCUT2D eigenvalue weighted by atomic mass is 10.00. The summed E-state index contributed by atoms with van der Waals surface area (Å²) in [6, 6.07) is 13.9. The molecule has 2 aromatic heterocycles. The molecule has 0 amide bonds. The molecule has 4 rings (SSSR count). The number of nitrogen functional groups attached to an aromatic ring is 1. The van der Waals surface area contributed by atoms with Gasteiger partial charge in [-0.2, -0.15) is 0 Å². The van der Waals surface area contributed by atoms with E-state index in [-0.39, 0.29) is 0 Å². The van der Waals surface area contributed by atoms with Crippen molar-refractivity contribution >= 4 is 28.7 Å². The standard InChI is InChI=1S/C21H20N6O/c1-23-21-24-9-8-16(27-21)15-11-17(13-6-4-3-5-7-13)26-19(15)14-10-18(28-2)20(22)25-12-14/h3-10,12H,11H2,1-2H3,(H2,22,25)(H,23,24,27). The Labute approximate surface area is 163 Å². The number of anilines is 2. The number of aromatic nitrogens is 3. The molecule has 0 fully saturated rings. The van der Waals surface area contributed by atoms with Crippen LogP contribution in [0.4, 0.5) is 11.8 Å². The molecule has 7 heteroatoms. The zero-order chi connectivity index (χ0) is 19.5. The van der Waals surface area contributed by atoms with Gasteiger partial charge in [0.2, 0.25) is 5.95 Å². The Bertz CT molecular complexity index is 1080. The minimum Gasteiger partial charge on any atom is -0.493 e. The number of nitrogens with one attached hydrogen (secondary N) is 1. The number of allylic oxidation sites excluding steroid dienone is 1. The third kappa shape index (κ3) is 3.29. The van der Waals surface area contributed by atoms with E-state index in [4.69, 9.17) is 15.5 Å². The van der Waals surface area contributed by atoms with Crippen LogP contribution in [0.2, 0.25) is 0 Å². The molecule has 0 bridgehead atoms. The van der Waals surface area contributed by atoms with E-state index >= 15 is 0 Å². The molecule has 28 heavy (non-hydrogen) atoms. The molecule has 0 saturated carbocycles. The van der Waals surface area contributed by atoms with Crippen LogP contribution in [0.3, 0.4) is 0 Å². The van der Waals surface area contributed by atoms with Crippen LogP contribution in [0, 0.1) is 0 Å². The van der Waals surface area contributed by atoms with Crippen molar-refractivity contribution in [1.29, 1.82) is 0 Å². The first kappa shape index (κ1) is 17.7. The summed E-state index contributed by atoms with van der Waals surface area (Å²) >= 11 is 0. The lowest BCUT2D eigenvalue weighted by Crippen LogP contribution is -2.01. The number of rotatable bonds is 5. The third-order valence-electron chi connectivity index (χ3n) is 4.55. The molecule has 0 spiro atoms. The maximum Gasteiger partial charge on any atom is 0.222 e. The molecule has 7 nitrogen and oxygen atoms in total. The van der Waals surface area contributed by atoms with Crippen molar-refractivity contribution in [1.82, 2.24) is 15.0 Å². The van der Waals surface area contributed by atoms with Gasteiger partial charge < -0.3 is 15.8 Å². The van der Waals surface area contributed by atoms with Crippen LogP contribution in [-0.4, -0.2) is 34.8 Å². The van der Waals surface area contributed by atoms with Gasteiger partial charge in [-0.1, -0.05) is 30.3 Å². The summed E-state index contributed by atoms with van der Waals surface area (Å²) < 4.78 is 5.34. The molecule has 1 aliphatic rings.